The smallest absolute Gasteiger partial charge is 0.260 e. The molecule has 2 aliphatic heterocycles. The fraction of sp³-hybridized carbons (Fsp3) is 0.716. The number of carbonyl (C=O) groups excluding carboxylic acids is 3. The van der Waals surface area contributed by atoms with Crippen LogP contribution in [0.1, 0.15) is 385 Å². The molecule has 3 aromatic rings. The van der Waals surface area contributed by atoms with E-state index in [1.54, 1.807) is 4.90 Å². The van der Waals surface area contributed by atoms with Gasteiger partial charge in [-0.15, -0.1) is 0 Å². The maximum absolute atomic E-state index is 16.3. The van der Waals surface area contributed by atoms with Crippen molar-refractivity contribution in [3.8, 4) is 11.1 Å². The molecule has 0 saturated carbocycles. The number of allylic oxidation sites excluding steroid dienone is 3. The number of aliphatic hydroxyl groups excluding tert-OH is 1. The lowest BCUT2D eigenvalue weighted by Crippen LogP contribution is -2.50. The van der Waals surface area contributed by atoms with E-state index in [0.717, 1.165) is 209 Å². The van der Waals surface area contributed by atoms with Crippen LogP contribution in [0, 0.1) is 17.8 Å². The molecule has 98 heavy (non-hydrogen) atoms. The molecule has 0 aromatic heterocycles. The van der Waals surface area contributed by atoms with Crippen LogP contribution in [0.4, 0.5) is 0 Å². The molecule has 1 N–H and O–H groups in total. The summed E-state index contributed by atoms with van der Waals surface area (Å²) in [5, 5.41) is 14.9. The van der Waals surface area contributed by atoms with Gasteiger partial charge in [-0.2, -0.15) is 0 Å². The van der Waals surface area contributed by atoms with E-state index in [-0.39, 0.29) is 53.6 Å². The molecule has 0 spiro atoms. The summed E-state index contributed by atoms with van der Waals surface area (Å²) in [6.45, 7) is 21.6. The largest absolute Gasteiger partial charge is 0.495 e. The van der Waals surface area contributed by atoms with Gasteiger partial charge in [-0.1, -0.05) is 265 Å². The van der Waals surface area contributed by atoms with Crippen molar-refractivity contribution in [1.82, 2.24) is 9.80 Å². The van der Waals surface area contributed by atoms with Gasteiger partial charge in [-0.25, -0.2) is 0 Å². The zero-order valence-corrected chi connectivity index (χ0v) is 63.0. The summed E-state index contributed by atoms with van der Waals surface area (Å²) in [6.07, 6.45) is 48.9. The first-order valence-corrected chi connectivity index (χ1v) is 41.3. The van der Waals surface area contributed by atoms with Gasteiger partial charge in [0.2, 0.25) is 5.91 Å². The Kier molecular flexibility index (Phi) is 32.2. The monoisotopic (exact) mass is 1350 g/mol. The molecule has 6 aliphatic rings. The molecule has 9 atom stereocenters. The summed E-state index contributed by atoms with van der Waals surface area (Å²) in [5.41, 5.74) is 9.70. The molecular weight excluding hydrogens is 1210 g/mol. The minimum absolute atomic E-state index is 0.0462. The summed E-state index contributed by atoms with van der Waals surface area (Å²) in [6, 6.07) is 11.0. The van der Waals surface area contributed by atoms with E-state index in [2.05, 4.69) is 104 Å². The number of nitrogens with zero attached hydrogens (tertiary/aromatic N) is 2. The summed E-state index contributed by atoms with van der Waals surface area (Å²) >= 11 is 0. The number of amides is 3. The molecule has 0 bridgehead atoms. The highest BCUT2D eigenvalue weighted by molar-refractivity contribution is 6.18. The standard InChI is InChI=1S/C88H134N2O8/c1-9-17-25-29-31-35-43-63(41-33-27-19-11-3)61-89-85(91)69-49-47-67-79-68(48-50-70(82(69)79)86(89)92)81-72(66-46-52-76(96-54-38-22-14-6)78(58-66)98-56-40-24-16-8)60-74-83-73(87(93)90(88(74)94)62-64(42-34-28-20-12-4)44-36-32-30-26-18-10-2)59-71(80(67)84(81)83)65-45-51-75(95-53-37-21-13-5)77(57-65)97-55-39-23-15-7/h45,47-51,58,60,63-64,66,71,73,76-77,80,85,91H,9-44,46,52-57,59,61-62H2,1-8H3. The number of fused-ring (bicyclic) bond motifs is 2. The van der Waals surface area contributed by atoms with Gasteiger partial charge >= 0.3 is 0 Å². The second kappa shape index (κ2) is 40.8. The van der Waals surface area contributed by atoms with Gasteiger partial charge < -0.3 is 29.0 Å². The van der Waals surface area contributed by atoms with Crippen LogP contribution >= 0.6 is 0 Å². The van der Waals surface area contributed by atoms with Gasteiger partial charge in [0.05, 0.1) is 19.1 Å². The first-order valence-electron chi connectivity index (χ1n) is 41.3. The minimum atomic E-state index is -1.11. The molecule has 9 unspecified atom stereocenters. The van der Waals surface area contributed by atoms with Crippen LogP contribution in [0.5, 0.6) is 0 Å². The average molecular weight is 1350 g/mol. The Balaban J connectivity index is 1.24. The lowest BCUT2D eigenvalue weighted by Gasteiger charge is -2.48. The van der Waals surface area contributed by atoms with E-state index in [4.69, 9.17) is 18.9 Å². The van der Waals surface area contributed by atoms with Crippen molar-refractivity contribution in [3.05, 3.63) is 105 Å². The molecule has 0 saturated heterocycles. The second-order valence-corrected chi connectivity index (χ2v) is 30.9. The van der Waals surface area contributed by atoms with Crippen LogP contribution in [0.25, 0.3) is 21.9 Å². The number of imide groups is 1. The van der Waals surface area contributed by atoms with Crippen LogP contribution in [-0.2, 0) is 23.7 Å². The van der Waals surface area contributed by atoms with Crippen LogP contribution in [0.15, 0.2) is 65.7 Å². The van der Waals surface area contributed by atoms with E-state index in [9.17, 15) is 5.11 Å². The number of hydrogen-bond acceptors (Lipinski definition) is 8. The van der Waals surface area contributed by atoms with E-state index in [0.29, 0.717) is 69.4 Å². The van der Waals surface area contributed by atoms with Crippen molar-refractivity contribution in [3.63, 3.8) is 0 Å². The van der Waals surface area contributed by atoms with Gasteiger partial charge in [0.15, 0.2) is 6.23 Å². The Labute approximate surface area is 595 Å². The van der Waals surface area contributed by atoms with Crippen LogP contribution in [0.3, 0.4) is 0 Å². The Morgan fingerprint density at radius 1 is 0.469 bits per heavy atom. The number of rotatable bonds is 50. The number of unbranched alkanes of at least 4 members (excludes halogenated alkanes) is 24. The first-order chi connectivity index (χ1) is 48.1. The maximum Gasteiger partial charge on any atom is 0.260 e. The fourth-order valence-electron chi connectivity index (χ4n) is 17.7. The van der Waals surface area contributed by atoms with Crippen molar-refractivity contribution in [2.45, 2.75) is 348 Å². The quantitative estimate of drug-likeness (QED) is 0.0439. The van der Waals surface area contributed by atoms with Crippen LogP contribution in [0.2, 0.25) is 0 Å². The van der Waals surface area contributed by atoms with Crippen molar-refractivity contribution in [2.24, 2.45) is 17.8 Å². The summed E-state index contributed by atoms with van der Waals surface area (Å²) in [5.74, 6) is 0.896. The van der Waals surface area contributed by atoms with E-state index in [1.165, 1.54) is 102 Å². The molecule has 9 rings (SSSR count). The summed E-state index contributed by atoms with van der Waals surface area (Å²) in [4.78, 5) is 51.9. The second-order valence-electron chi connectivity index (χ2n) is 30.9. The highest BCUT2D eigenvalue weighted by atomic mass is 16.5. The molecule has 10 nitrogen and oxygen atoms in total. The third kappa shape index (κ3) is 19.5. The number of benzene rings is 3. The molecule has 2 heterocycles. The number of ether oxygens (including phenoxy) is 4. The fourth-order valence-corrected chi connectivity index (χ4v) is 17.7. The van der Waals surface area contributed by atoms with Gasteiger partial charge in [0.1, 0.15) is 23.7 Å². The van der Waals surface area contributed by atoms with Crippen LogP contribution in [-0.4, -0.2) is 84.4 Å². The molecular formula is C88H134N2O8. The first kappa shape index (κ1) is 77.4. The van der Waals surface area contributed by atoms with Gasteiger partial charge in [-0.05, 0) is 151 Å². The van der Waals surface area contributed by atoms with E-state index in [1.807, 2.05) is 4.90 Å². The van der Waals surface area contributed by atoms with Gasteiger partial charge in [-0.3, -0.25) is 19.3 Å². The maximum atomic E-state index is 16.3. The topological polar surface area (TPSA) is 115 Å². The Morgan fingerprint density at radius 2 is 0.959 bits per heavy atom. The molecule has 0 fully saturated rings. The molecule has 3 amide bonds. The lowest BCUT2D eigenvalue weighted by molar-refractivity contribution is -0.132. The van der Waals surface area contributed by atoms with E-state index < -0.39 is 12.1 Å². The van der Waals surface area contributed by atoms with Gasteiger partial charge in [0, 0.05) is 66.6 Å². The van der Waals surface area contributed by atoms with Crippen molar-refractivity contribution < 1.29 is 38.4 Å². The van der Waals surface area contributed by atoms with Crippen molar-refractivity contribution in [2.75, 3.05) is 39.5 Å². The van der Waals surface area contributed by atoms with Crippen molar-refractivity contribution >= 4 is 28.5 Å². The highest BCUT2D eigenvalue weighted by Crippen LogP contribution is 2.62. The lowest BCUT2D eigenvalue weighted by atomic mass is 9.57. The SMILES string of the molecule is CCCCCCCCC(CCCCCC)CN1C(=O)c2cc(C3C=C(OCCCCC)C(OCCCCC)CC3)c3c4c2C(CC(C2=CC=C(OCCCCC)C(OCCCCC)C2)C4c2ccc4c5c(ccc-3c25)C(=O)N(CC(CCCCCC)CCCCCCCC)C4O)C1=O. The predicted molar refractivity (Wildman–Crippen MR) is 405 cm³/mol. The van der Waals surface area contributed by atoms with Gasteiger partial charge in [0.25, 0.3) is 11.8 Å². The van der Waals surface area contributed by atoms with Crippen LogP contribution < -0.4 is 0 Å². The number of aliphatic hydroxyl groups is 1. The third-order valence-corrected chi connectivity index (χ3v) is 23.3. The predicted octanol–water partition coefficient (Wildman–Crippen LogP) is 23.7. The Morgan fingerprint density at radius 3 is 1.55 bits per heavy atom. The minimum Gasteiger partial charge on any atom is -0.495 e. The summed E-state index contributed by atoms with van der Waals surface area (Å²) < 4.78 is 27.4. The zero-order chi connectivity index (χ0) is 69.2. The average Bonchev–Trinajstić information content (AvgIpc) is 0.679. The summed E-state index contributed by atoms with van der Waals surface area (Å²) in [7, 11) is 0. The molecule has 4 aliphatic carbocycles. The number of hydrogen-bond donors (Lipinski definition) is 1. The Hall–Kier alpha value is -4.77. The molecule has 10 heteroatoms. The normalized spacial score (nSPS) is 21.5. The zero-order valence-electron chi connectivity index (χ0n) is 63.0. The Bertz CT molecular complexity index is 3080. The van der Waals surface area contributed by atoms with Crippen molar-refractivity contribution in [1.29, 1.82) is 0 Å². The highest BCUT2D eigenvalue weighted by Gasteiger charge is 2.53. The van der Waals surface area contributed by atoms with E-state index >= 15 is 14.4 Å². The molecule has 544 valence electrons. The number of carbonyl (C=O) groups is 3. The third-order valence-electron chi connectivity index (χ3n) is 23.3. The molecule has 3 aromatic carbocycles. The molecule has 0 radical (unpaired) electrons.